The van der Waals surface area contributed by atoms with Crippen LogP contribution in [0, 0.1) is 0 Å². The van der Waals surface area contributed by atoms with Gasteiger partial charge in [-0.2, -0.15) is 0 Å². The molecule has 1 amide bonds. The van der Waals surface area contributed by atoms with E-state index in [1.54, 1.807) is 6.20 Å². The van der Waals surface area contributed by atoms with Gasteiger partial charge >= 0.3 is 6.09 Å². The molecule has 1 aromatic rings. The second-order valence-electron chi connectivity index (χ2n) is 4.66. The van der Waals surface area contributed by atoms with Crippen molar-refractivity contribution < 1.29 is 9.90 Å². The molecule has 2 heterocycles. The number of hydrogen-bond donors (Lipinski definition) is 1. The normalized spacial score (nSPS) is 20.6. The molecule has 1 aromatic heterocycles. The van der Waals surface area contributed by atoms with E-state index in [0.717, 1.165) is 23.1 Å². The SMILES string of the molecule is CC1CN(C(=O)O)CCN1Cc1cnc(Cl)c(Br)c1. The van der Waals surface area contributed by atoms with Crippen LogP contribution in [0.15, 0.2) is 16.7 Å². The van der Waals surface area contributed by atoms with Gasteiger partial charge in [-0.05, 0) is 34.5 Å². The maximum Gasteiger partial charge on any atom is 0.407 e. The largest absolute Gasteiger partial charge is 0.465 e. The monoisotopic (exact) mass is 347 g/mol. The molecule has 1 aliphatic heterocycles. The van der Waals surface area contributed by atoms with Crippen molar-refractivity contribution in [3.8, 4) is 0 Å². The van der Waals surface area contributed by atoms with E-state index in [-0.39, 0.29) is 6.04 Å². The Hall–Kier alpha value is -0.850. The summed E-state index contributed by atoms with van der Waals surface area (Å²) in [5.74, 6) is 0. The predicted molar refractivity (Wildman–Crippen MR) is 76.4 cm³/mol. The molecule has 1 unspecified atom stereocenters. The van der Waals surface area contributed by atoms with Crippen LogP contribution in [-0.4, -0.2) is 51.7 Å². The van der Waals surface area contributed by atoms with E-state index in [1.807, 2.05) is 13.0 Å². The van der Waals surface area contributed by atoms with Crippen molar-refractivity contribution in [2.45, 2.75) is 19.5 Å². The lowest BCUT2D eigenvalue weighted by molar-refractivity contribution is 0.0712. The van der Waals surface area contributed by atoms with E-state index in [1.165, 1.54) is 4.90 Å². The zero-order valence-corrected chi connectivity index (χ0v) is 12.9. The van der Waals surface area contributed by atoms with Gasteiger partial charge in [-0.1, -0.05) is 11.6 Å². The van der Waals surface area contributed by atoms with Crippen LogP contribution in [-0.2, 0) is 6.54 Å². The number of pyridine rings is 1. The topological polar surface area (TPSA) is 56.7 Å². The summed E-state index contributed by atoms with van der Waals surface area (Å²) in [4.78, 5) is 18.7. The third-order valence-corrected chi connectivity index (χ3v) is 4.41. The lowest BCUT2D eigenvalue weighted by Crippen LogP contribution is -2.52. The quantitative estimate of drug-likeness (QED) is 0.835. The molecule has 1 atom stereocenters. The number of piperazine rings is 1. The summed E-state index contributed by atoms with van der Waals surface area (Å²) in [6.07, 6.45) is 0.908. The number of carboxylic acid groups (broad SMARTS) is 1. The third-order valence-electron chi connectivity index (χ3n) is 3.27. The van der Waals surface area contributed by atoms with Crippen LogP contribution in [0.25, 0.3) is 0 Å². The zero-order valence-electron chi connectivity index (χ0n) is 10.5. The maximum absolute atomic E-state index is 10.9. The van der Waals surface area contributed by atoms with Crippen molar-refractivity contribution in [3.05, 3.63) is 27.5 Å². The van der Waals surface area contributed by atoms with Gasteiger partial charge in [0.2, 0.25) is 0 Å². The number of amides is 1. The first kappa shape index (κ1) is 14.6. The Bertz CT molecular complexity index is 486. The maximum atomic E-state index is 10.9. The van der Waals surface area contributed by atoms with Gasteiger partial charge in [0.1, 0.15) is 5.15 Å². The minimum absolute atomic E-state index is 0.194. The molecule has 1 N–H and O–H groups in total. The lowest BCUT2D eigenvalue weighted by atomic mass is 10.1. The average molecular weight is 349 g/mol. The van der Waals surface area contributed by atoms with Gasteiger partial charge in [0.15, 0.2) is 0 Å². The molecular formula is C12H15BrClN3O2. The smallest absolute Gasteiger partial charge is 0.407 e. The number of halogens is 2. The standard InChI is InChI=1S/C12H15BrClN3O2/c1-8-6-17(12(18)19)3-2-16(8)7-9-4-10(13)11(14)15-5-9/h4-5,8H,2-3,6-7H2,1H3,(H,18,19). The zero-order chi connectivity index (χ0) is 14.0. The Morgan fingerprint density at radius 2 is 2.37 bits per heavy atom. The molecule has 0 radical (unpaired) electrons. The van der Waals surface area contributed by atoms with Crippen LogP contribution < -0.4 is 0 Å². The van der Waals surface area contributed by atoms with Crippen molar-refractivity contribution in [2.75, 3.05) is 19.6 Å². The molecule has 7 heteroatoms. The molecular weight excluding hydrogens is 334 g/mol. The van der Waals surface area contributed by atoms with Crippen molar-refractivity contribution in [3.63, 3.8) is 0 Å². The Morgan fingerprint density at radius 1 is 1.63 bits per heavy atom. The number of aromatic nitrogens is 1. The van der Waals surface area contributed by atoms with Crippen molar-refractivity contribution in [1.82, 2.24) is 14.8 Å². The van der Waals surface area contributed by atoms with E-state index in [0.29, 0.717) is 18.2 Å². The first-order valence-corrected chi connectivity index (χ1v) is 7.16. The van der Waals surface area contributed by atoms with Gasteiger partial charge in [-0.15, -0.1) is 0 Å². The second-order valence-corrected chi connectivity index (χ2v) is 5.88. The van der Waals surface area contributed by atoms with Crippen molar-refractivity contribution in [2.24, 2.45) is 0 Å². The summed E-state index contributed by atoms with van der Waals surface area (Å²) >= 11 is 9.22. The summed E-state index contributed by atoms with van der Waals surface area (Å²) in [5, 5.41) is 9.43. The van der Waals surface area contributed by atoms with Crippen LogP contribution in [0.5, 0.6) is 0 Å². The molecule has 1 saturated heterocycles. The summed E-state index contributed by atoms with van der Waals surface area (Å²) in [6.45, 7) is 4.60. The fraction of sp³-hybridized carbons (Fsp3) is 0.500. The van der Waals surface area contributed by atoms with E-state index < -0.39 is 6.09 Å². The molecule has 1 aliphatic rings. The Labute approximate surface area is 125 Å². The molecule has 5 nitrogen and oxygen atoms in total. The fourth-order valence-electron chi connectivity index (χ4n) is 2.19. The first-order chi connectivity index (χ1) is 8.97. The van der Waals surface area contributed by atoms with Gasteiger partial charge < -0.3 is 10.0 Å². The third kappa shape index (κ3) is 3.58. The van der Waals surface area contributed by atoms with Crippen molar-refractivity contribution in [1.29, 1.82) is 0 Å². The van der Waals surface area contributed by atoms with Crippen LogP contribution in [0.4, 0.5) is 4.79 Å². The van der Waals surface area contributed by atoms with Crippen LogP contribution in [0.2, 0.25) is 5.15 Å². The van der Waals surface area contributed by atoms with E-state index in [4.69, 9.17) is 16.7 Å². The number of nitrogens with zero attached hydrogens (tertiary/aromatic N) is 3. The highest BCUT2D eigenvalue weighted by Gasteiger charge is 2.26. The van der Waals surface area contributed by atoms with Crippen LogP contribution >= 0.6 is 27.5 Å². The summed E-state index contributed by atoms with van der Waals surface area (Å²) in [5.41, 5.74) is 1.06. The predicted octanol–water partition coefficient (Wildman–Crippen LogP) is 2.68. The molecule has 19 heavy (non-hydrogen) atoms. The molecule has 1 fully saturated rings. The Kier molecular flexibility index (Phi) is 4.65. The number of hydrogen-bond acceptors (Lipinski definition) is 3. The van der Waals surface area contributed by atoms with E-state index in [2.05, 4.69) is 25.8 Å². The van der Waals surface area contributed by atoms with Gasteiger partial charge in [0, 0.05) is 38.4 Å². The highest BCUT2D eigenvalue weighted by Crippen LogP contribution is 2.22. The second kappa shape index (κ2) is 6.07. The van der Waals surface area contributed by atoms with Gasteiger partial charge in [-0.25, -0.2) is 9.78 Å². The van der Waals surface area contributed by atoms with Crippen molar-refractivity contribution >= 4 is 33.6 Å². The molecule has 2 rings (SSSR count). The van der Waals surface area contributed by atoms with Crippen LogP contribution in [0.1, 0.15) is 12.5 Å². The molecule has 0 saturated carbocycles. The molecule has 0 bridgehead atoms. The van der Waals surface area contributed by atoms with Gasteiger partial charge in [0.25, 0.3) is 0 Å². The minimum Gasteiger partial charge on any atom is -0.465 e. The molecule has 0 aromatic carbocycles. The fourth-order valence-corrected chi connectivity index (χ4v) is 2.69. The van der Waals surface area contributed by atoms with E-state index in [9.17, 15) is 4.79 Å². The highest BCUT2D eigenvalue weighted by atomic mass is 79.9. The Balaban J connectivity index is 2.00. The van der Waals surface area contributed by atoms with Crippen LogP contribution in [0.3, 0.4) is 0 Å². The highest BCUT2D eigenvalue weighted by molar-refractivity contribution is 9.10. The average Bonchev–Trinajstić information content (AvgIpc) is 2.36. The summed E-state index contributed by atoms with van der Waals surface area (Å²) < 4.78 is 0.781. The molecule has 104 valence electrons. The lowest BCUT2D eigenvalue weighted by Gasteiger charge is -2.38. The number of carbonyl (C=O) groups is 1. The Morgan fingerprint density at radius 3 is 2.95 bits per heavy atom. The first-order valence-electron chi connectivity index (χ1n) is 5.99. The van der Waals surface area contributed by atoms with Gasteiger partial charge in [-0.3, -0.25) is 4.90 Å². The van der Waals surface area contributed by atoms with Gasteiger partial charge in [0.05, 0.1) is 4.47 Å². The number of rotatable bonds is 2. The summed E-state index contributed by atoms with van der Waals surface area (Å²) in [7, 11) is 0. The van der Waals surface area contributed by atoms with E-state index >= 15 is 0 Å². The summed E-state index contributed by atoms with van der Waals surface area (Å²) in [6, 6.07) is 2.14. The molecule has 0 spiro atoms. The molecule has 0 aliphatic carbocycles. The minimum atomic E-state index is -0.845.